The van der Waals surface area contributed by atoms with Crippen LogP contribution < -0.4 is 0 Å². The number of hydrogen-bond donors (Lipinski definition) is 3. The molecule has 0 saturated carbocycles. The summed E-state index contributed by atoms with van der Waals surface area (Å²) < 4.78 is 31.2. The third-order valence-corrected chi connectivity index (χ3v) is 3.54. The van der Waals surface area contributed by atoms with Crippen LogP contribution in [0.5, 0.6) is 0 Å². The molecule has 0 atom stereocenters. The average Bonchev–Trinajstić information content (AvgIpc) is 2.35. The summed E-state index contributed by atoms with van der Waals surface area (Å²) >= 11 is 0. The number of fused-ring (bicyclic) bond motifs is 1. The first-order valence-electron chi connectivity index (χ1n) is 5.22. The van der Waals surface area contributed by atoms with Gasteiger partial charge >= 0.3 is 41.5 Å². The van der Waals surface area contributed by atoms with Crippen molar-refractivity contribution < 1.29 is 32.8 Å². The Kier molecular flexibility index (Phi) is 5.13. The monoisotopic (exact) mass is 320 g/mol. The molecule has 2 aromatic rings. The van der Waals surface area contributed by atoms with Crippen LogP contribution in [0.2, 0.25) is 0 Å². The Hall–Kier alpha value is -1.45. The molecule has 0 spiro atoms. The van der Waals surface area contributed by atoms with E-state index in [1.54, 1.807) is 0 Å². The SMILES string of the molecule is O=C(O)c1cccc2cc(S(=O)(=O)O)cc(C(=O)O)c12.[NaH]. The molecule has 3 N–H and O–H groups in total. The summed E-state index contributed by atoms with van der Waals surface area (Å²) in [6, 6.07) is 5.67. The molecule has 0 heterocycles. The first kappa shape index (κ1) is 17.6. The van der Waals surface area contributed by atoms with Crippen LogP contribution in [0.3, 0.4) is 0 Å². The first-order chi connectivity index (χ1) is 9.21. The number of rotatable bonds is 3. The van der Waals surface area contributed by atoms with E-state index >= 15 is 0 Å². The summed E-state index contributed by atoms with van der Waals surface area (Å²) in [6.45, 7) is 0. The minimum atomic E-state index is -4.59. The molecule has 0 saturated heterocycles. The number of benzene rings is 2. The quantitative estimate of drug-likeness (QED) is 0.564. The molecule has 21 heavy (non-hydrogen) atoms. The average molecular weight is 320 g/mol. The number of carbonyl (C=O) groups is 2. The Bertz CT molecular complexity index is 842. The fraction of sp³-hybridized carbons (Fsp3) is 0. The van der Waals surface area contributed by atoms with Crippen molar-refractivity contribution in [1.82, 2.24) is 0 Å². The second-order valence-corrected chi connectivity index (χ2v) is 5.38. The van der Waals surface area contributed by atoms with Gasteiger partial charge in [-0.1, -0.05) is 12.1 Å². The number of carboxylic acids is 2. The Morgan fingerprint density at radius 1 is 0.952 bits per heavy atom. The predicted molar refractivity (Wildman–Crippen MR) is 74.8 cm³/mol. The summed E-state index contributed by atoms with van der Waals surface area (Å²) in [6.07, 6.45) is 0. The van der Waals surface area contributed by atoms with Crippen LogP contribution in [-0.4, -0.2) is 64.7 Å². The van der Waals surface area contributed by atoms with E-state index in [9.17, 15) is 18.0 Å². The van der Waals surface area contributed by atoms with E-state index in [-0.39, 0.29) is 45.9 Å². The van der Waals surface area contributed by atoms with Gasteiger partial charge < -0.3 is 10.2 Å². The molecule has 0 aliphatic rings. The molecule has 0 bridgehead atoms. The summed E-state index contributed by atoms with van der Waals surface area (Å²) in [5, 5.41) is 18.2. The first-order valence-corrected chi connectivity index (χ1v) is 6.66. The van der Waals surface area contributed by atoms with E-state index in [4.69, 9.17) is 14.8 Å². The maximum absolute atomic E-state index is 11.2. The summed E-state index contributed by atoms with van der Waals surface area (Å²) in [5.41, 5.74) is -0.769. The van der Waals surface area contributed by atoms with Crippen LogP contribution in [0.15, 0.2) is 35.2 Å². The van der Waals surface area contributed by atoms with Crippen LogP contribution in [-0.2, 0) is 10.1 Å². The fourth-order valence-corrected chi connectivity index (χ4v) is 2.44. The fourth-order valence-electron chi connectivity index (χ4n) is 1.90. The summed E-state index contributed by atoms with van der Waals surface area (Å²) in [5.74, 6) is -2.83. The van der Waals surface area contributed by atoms with Gasteiger partial charge in [-0.05, 0) is 23.6 Å². The molecule has 9 heteroatoms. The molecule has 0 radical (unpaired) electrons. The van der Waals surface area contributed by atoms with Crippen LogP contribution in [0.4, 0.5) is 0 Å². The Morgan fingerprint density at radius 2 is 1.52 bits per heavy atom. The third kappa shape index (κ3) is 3.42. The van der Waals surface area contributed by atoms with Crippen LogP contribution in [0.25, 0.3) is 10.8 Å². The normalized spacial score (nSPS) is 10.9. The van der Waals surface area contributed by atoms with E-state index < -0.39 is 32.5 Å². The van der Waals surface area contributed by atoms with E-state index in [2.05, 4.69) is 0 Å². The van der Waals surface area contributed by atoms with E-state index in [0.717, 1.165) is 12.1 Å². The molecule has 0 aromatic heterocycles. The molecule has 2 rings (SSSR count). The second-order valence-electron chi connectivity index (χ2n) is 3.96. The van der Waals surface area contributed by atoms with Gasteiger partial charge in [0.05, 0.1) is 16.0 Å². The van der Waals surface area contributed by atoms with Gasteiger partial charge in [-0.15, -0.1) is 0 Å². The van der Waals surface area contributed by atoms with Crippen molar-refractivity contribution in [2.45, 2.75) is 4.90 Å². The Morgan fingerprint density at radius 3 is 2.00 bits per heavy atom. The van der Waals surface area contributed by atoms with Crippen molar-refractivity contribution in [3.63, 3.8) is 0 Å². The number of aromatic carboxylic acids is 2. The zero-order valence-corrected chi connectivity index (χ0v) is 10.6. The molecule has 0 fully saturated rings. The Balaban J connectivity index is 0.00000220. The molecule has 106 valence electrons. The van der Waals surface area contributed by atoms with Crippen LogP contribution in [0.1, 0.15) is 20.7 Å². The van der Waals surface area contributed by atoms with Crippen molar-refractivity contribution >= 4 is 62.4 Å². The minimum absolute atomic E-state index is 0. The molecular weight excluding hydrogens is 311 g/mol. The van der Waals surface area contributed by atoms with Crippen molar-refractivity contribution in [2.75, 3.05) is 0 Å². The van der Waals surface area contributed by atoms with Crippen molar-refractivity contribution in [3.8, 4) is 0 Å². The van der Waals surface area contributed by atoms with Gasteiger partial charge in [0.1, 0.15) is 0 Å². The zero-order chi connectivity index (χ0) is 15.1. The second kappa shape index (κ2) is 6.12. The van der Waals surface area contributed by atoms with E-state index in [1.165, 1.54) is 18.2 Å². The molecule has 0 amide bonds. The van der Waals surface area contributed by atoms with E-state index in [1.807, 2.05) is 0 Å². The van der Waals surface area contributed by atoms with Crippen LogP contribution in [0, 0.1) is 0 Å². The standard InChI is InChI=1S/C12H8O7S.Na.H/c13-11(14)8-3-1-2-6-4-7(20(17,18)19)5-9(10(6)8)12(15)16;;/h1-5H,(H,13,14)(H,15,16)(H,17,18,19);;. The number of carboxylic acid groups (broad SMARTS) is 2. The molecule has 7 nitrogen and oxygen atoms in total. The van der Waals surface area contributed by atoms with Gasteiger partial charge in [-0.2, -0.15) is 8.42 Å². The van der Waals surface area contributed by atoms with E-state index in [0.29, 0.717) is 0 Å². The molecule has 0 aliphatic heterocycles. The number of hydrogen-bond acceptors (Lipinski definition) is 4. The predicted octanol–water partition coefficient (Wildman–Crippen LogP) is 0.834. The molecule has 0 aliphatic carbocycles. The van der Waals surface area contributed by atoms with Crippen molar-refractivity contribution in [1.29, 1.82) is 0 Å². The molecular formula is C12H9NaO7S. The van der Waals surface area contributed by atoms with Gasteiger partial charge in [-0.3, -0.25) is 4.55 Å². The maximum atomic E-state index is 11.2. The van der Waals surface area contributed by atoms with Gasteiger partial charge in [0.2, 0.25) is 0 Å². The van der Waals surface area contributed by atoms with Gasteiger partial charge in [-0.25, -0.2) is 9.59 Å². The summed E-state index contributed by atoms with van der Waals surface area (Å²) in [7, 11) is -4.59. The van der Waals surface area contributed by atoms with Crippen LogP contribution >= 0.6 is 0 Å². The van der Waals surface area contributed by atoms with Gasteiger partial charge in [0.15, 0.2) is 0 Å². The van der Waals surface area contributed by atoms with Crippen molar-refractivity contribution in [3.05, 3.63) is 41.5 Å². The van der Waals surface area contributed by atoms with Gasteiger partial charge in [0.25, 0.3) is 10.1 Å². The third-order valence-electron chi connectivity index (χ3n) is 2.71. The Labute approximate surface area is 141 Å². The molecule has 2 aromatic carbocycles. The summed E-state index contributed by atoms with van der Waals surface area (Å²) in [4.78, 5) is 21.7. The van der Waals surface area contributed by atoms with Gasteiger partial charge in [0, 0.05) is 5.39 Å². The zero-order valence-electron chi connectivity index (χ0n) is 9.77. The topological polar surface area (TPSA) is 129 Å². The molecule has 0 unspecified atom stereocenters. The van der Waals surface area contributed by atoms with Crippen molar-refractivity contribution in [2.24, 2.45) is 0 Å².